The number of aromatic nitrogens is 7. The second-order valence-electron chi connectivity index (χ2n) is 8.38. The largest absolute Gasteiger partial charge is 0.423 e. The van der Waals surface area contributed by atoms with Crippen LogP contribution in [0.25, 0.3) is 5.69 Å². The van der Waals surface area contributed by atoms with Gasteiger partial charge in [0.1, 0.15) is 49.3 Å². The zero-order chi connectivity index (χ0) is 21.2. The molecule has 2 N–H and O–H groups in total. The van der Waals surface area contributed by atoms with E-state index in [2.05, 4.69) is 44.8 Å². The van der Waals surface area contributed by atoms with Gasteiger partial charge in [-0.15, -0.1) is 0 Å². The number of hydrogen-bond donors (Lipinski definition) is 1. The summed E-state index contributed by atoms with van der Waals surface area (Å²) < 4.78 is 21.5. The summed E-state index contributed by atoms with van der Waals surface area (Å²) >= 11 is 0. The van der Waals surface area contributed by atoms with Crippen molar-refractivity contribution in [3.05, 3.63) is 36.9 Å². The molecule has 164 valence electrons. The molecule has 2 aliphatic rings. The summed E-state index contributed by atoms with van der Waals surface area (Å²) in [6.45, 7) is 6.73. The van der Waals surface area contributed by atoms with Gasteiger partial charge in [-0.1, -0.05) is 18.9 Å². The van der Waals surface area contributed by atoms with Crippen LogP contribution in [0.4, 0.5) is 0 Å². The summed E-state index contributed by atoms with van der Waals surface area (Å²) in [6.07, 6.45) is 4.27. The molecule has 0 bridgehead atoms. The van der Waals surface area contributed by atoms with Crippen molar-refractivity contribution in [2.45, 2.75) is 44.6 Å². The molecule has 5 rings (SSSR count). The standard InChI is InChI=1S/C20H26N8O3/c1-13(2)7-8-22-16-9-29-19-17(10-30-18(16)19)28-20(24-25-26-28)31-15-5-3-14(4-6-15)27-12-21-11-23-27/h3-6,11-13,16-19,22H,7-10H2,1-2H3/p+1/t16-,17-,18+,19+/m0/s1. The molecular formula is C20H27N8O3+. The van der Waals surface area contributed by atoms with Crippen molar-refractivity contribution < 1.29 is 19.5 Å². The first-order valence-electron chi connectivity index (χ1n) is 10.7. The second kappa shape index (κ2) is 8.69. The van der Waals surface area contributed by atoms with Crippen LogP contribution in [-0.4, -0.2) is 73.0 Å². The van der Waals surface area contributed by atoms with E-state index in [4.69, 9.17) is 14.2 Å². The van der Waals surface area contributed by atoms with E-state index >= 15 is 0 Å². The second-order valence-corrected chi connectivity index (χ2v) is 8.38. The molecule has 0 spiro atoms. The van der Waals surface area contributed by atoms with Gasteiger partial charge in [-0.2, -0.15) is 9.78 Å². The summed E-state index contributed by atoms with van der Waals surface area (Å²) in [5.74, 6) is 1.32. The van der Waals surface area contributed by atoms with Crippen molar-refractivity contribution in [1.82, 2.24) is 35.0 Å². The lowest BCUT2D eigenvalue weighted by Gasteiger charge is -2.17. The van der Waals surface area contributed by atoms with E-state index in [0.717, 1.165) is 12.2 Å². The van der Waals surface area contributed by atoms with Crippen LogP contribution < -0.4 is 10.1 Å². The van der Waals surface area contributed by atoms with Gasteiger partial charge in [-0.25, -0.2) is 9.67 Å². The smallest absolute Gasteiger partial charge is 0.341 e. The summed E-state index contributed by atoms with van der Waals surface area (Å²) in [7, 11) is 0. The highest BCUT2D eigenvalue weighted by Gasteiger charge is 2.51. The van der Waals surface area contributed by atoms with Crippen molar-refractivity contribution in [3.8, 4) is 17.4 Å². The Bertz CT molecular complexity index is 975. The van der Waals surface area contributed by atoms with Crippen LogP contribution in [0.2, 0.25) is 0 Å². The lowest BCUT2D eigenvalue weighted by molar-refractivity contribution is -0.693. The normalized spacial score (nSPS) is 25.3. The van der Waals surface area contributed by atoms with E-state index in [-0.39, 0.29) is 18.2 Å². The van der Waals surface area contributed by atoms with Crippen molar-refractivity contribution in [2.75, 3.05) is 19.8 Å². The molecule has 31 heavy (non-hydrogen) atoms. The zero-order valence-electron chi connectivity index (χ0n) is 17.6. The number of quaternary nitrogens is 1. The van der Waals surface area contributed by atoms with E-state index in [9.17, 15) is 0 Å². The third kappa shape index (κ3) is 4.16. The number of ether oxygens (including phenoxy) is 3. The highest BCUT2D eigenvalue weighted by Crippen LogP contribution is 2.35. The lowest BCUT2D eigenvalue weighted by Crippen LogP contribution is -2.93. The maximum absolute atomic E-state index is 6.10. The van der Waals surface area contributed by atoms with Gasteiger partial charge < -0.3 is 19.5 Å². The van der Waals surface area contributed by atoms with Crippen LogP contribution in [-0.2, 0) is 9.47 Å². The van der Waals surface area contributed by atoms with E-state index in [1.54, 1.807) is 15.7 Å². The predicted molar refractivity (Wildman–Crippen MR) is 108 cm³/mol. The van der Waals surface area contributed by atoms with Gasteiger partial charge in [0, 0.05) is 0 Å². The number of nitrogens with two attached hydrogens (primary N) is 1. The Morgan fingerprint density at radius 1 is 1.16 bits per heavy atom. The molecule has 3 aromatic rings. The van der Waals surface area contributed by atoms with E-state index < -0.39 is 0 Å². The molecule has 0 aliphatic carbocycles. The van der Waals surface area contributed by atoms with E-state index in [1.807, 2.05) is 24.3 Å². The van der Waals surface area contributed by atoms with Crippen molar-refractivity contribution in [3.63, 3.8) is 0 Å². The third-order valence-electron chi connectivity index (χ3n) is 5.78. The minimum absolute atomic E-state index is 0.0381. The number of fused-ring (bicyclic) bond motifs is 1. The number of hydrogen-bond acceptors (Lipinski definition) is 8. The Morgan fingerprint density at radius 2 is 2.00 bits per heavy atom. The van der Waals surface area contributed by atoms with Crippen LogP contribution in [0, 0.1) is 5.92 Å². The van der Waals surface area contributed by atoms with Crippen molar-refractivity contribution in [1.29, 1.82) is 0 Å². The molecule has 2 aliphatic heterocycles. The Balaban J connectivity index is 1.25. The molecule has 0 saturated carbocycles. The SMILES string of the molecule is CC(C)CC[NH2+][C@H]1CO[C@H]2[C@@H]1OC[C@@H]2n1nnnc1Oc1ccc(-n2cncn2)cc1. The molecule has 0 unspecified atom stereocenters. The predicted octanol–water partition coefficient (Wildman–Crippen LogP) is 0.363. The van der Waals surface area contributed by atoms with Crippen LogP contribution in [0.5, 0.6) is 11.8 Å². The molecule has 11 nitrogen and oxygen atoms in total. The fourth-order valence-corrected chi connectivity index (χ4v) is 4.14. The monoisotopic (exact) mass is 427 g/mol. The Labute approximate surface area is 179 Å². The van der Waals surface area contributed by atoms with Gasteiger partial charge in [-0.3, -0.25) is 0 Å². The molecule has 2 aromatic heterocycles. The van der Waals surface area contributed by atoms with Crippen LogP contribution in [0.3, 0.4) is 0 Å². The number of nitrogens with zero attached hydrogens (tertiary/aromatic N) is 7. The van der Waals surface area contributed by atoms with Gasteiger partial charge in [0.15, 0.2) is 0 Å². The van der Waals surface area contributed by atoms with Crippen LogP contribution >= 0.6 is 0 Å². The third-order valence-corrected chi connectivity index (χ3v) is 5.78. The summed E-state index contributed by atoms with van der Waals surface area (Å²) in [4.78, 5) is 3.96. The average Bonchev–Trinajstić information content (AvgIpc) is 3.55. The first-order chi connectivity index (χ1) is 15.2. The van der Waals surface area contributed by atoms with Crippen molar-refractivity contribution >= 4 is 0 Å². The van der Waals surface area contributed by atoms with Gasteiger partial charge in [0.05, 0.1) is 18.8 Å². The summed E-state index contributed by atoms with van der Waals surface area (Å²) in [6, 6.07) is 7.98. The van der Waals surface area contributed by atoms with Crippen LogP contribution in [0.15, 0.2) is 36.9 Å². The molecular weight excluding hydrogens is 400 g/mol. The molecule has 1 aromatic carbocycles. The Kier molecular flexibility index (Phi) is 5.62. The Morgan fingerprint density at radius 3 is 2.77 bits per heavy atom. The number of tetrazole rings is 1. The van der Waals surface area contributed by atoms with E-state index in [1.165, 1.54) is 12.7 Å². The maximum Gasteiger partial charge on any atom is 0.341 e. The zero-order valence-corrected chi connectivity index (χ0v) is 17.6. The molecule has 4 atom stereocenters. The summed E-state index contributed by atoms with van der Waals surface area (Å²) in [5.41, 5.74) is 0.885. The quantitative estimate of drug-likeness (QED) is 0.548. The highest BCUT2D eigenvalue weighted by atomic mass is 16.6. The minimum atomic E-state index is -0.118. The topological polar surface area (TPSA) is 119 Å². The molecule has 0 amide bonds. The molecule has 0 radical (unpaired) electrons. The van der Waals surface area contributed by atoms with Crippen LogP contribution in [0.1, 0.15) is 26.3 Å². The molecule has 11 heteroatoms. The van der Waals surface area contributed by atoms with E-state index in [0.29, 0.717) is 36.9 Å². The first-order valence-corrected chi connectivity index (χ1v) is 10.7. The van der Waals surface area contributed by atoms with Gasteiger partial charge in [0.25, 0.3) is 0 Å². The lowest BCUT2D eigenvalue weighted by atomic mass is 10.1. The molecule has 4 heterocycles. The Hall–Kier alpha value is -2.89. The fraction of sp³-hybridized carbons (Fsp3) is 0.550. The maximum atomic E-state index is 6.10. The highest BCUT2D eigenvalue weighted by molar-refractivity contribution is 5.37. The number of rotatable bonds is 8. The molecule has 2 fully saturated rings. The number of benzene rings is 1. The van der Waals surface area contributed by atoms with Gasteiger partial charge >= 0.3 is 6.01 Å². The fourth-order valence-electron chi connectivity index (χ4n) is 4.14. The van der Waals surface area contributed by atoms with Gasteiger partial charge in [-0.05, 0) is 47.0 Å². The average molecular weight is 427 g/mol. The molecule has 2 saturated heterocycles. The first kappa shape index (κ1) is 20.0. The van der Waals surface area contributed by atoms with Crippen molar-refractivity contribution in [2.24, 2.45) is 5.92 Å². The minimum Gasteiger partial charge on any atom is -0.423 e. The summed E-state index contributed by atoms with van der Waals surface area (Å²) in [5, 5.41) is 18.5. The van der Waals surface area contributed by atoms with Gasteiger partial charge in [0.2, 0.25) is 0 Å².